The maximum Gasteiger partial charge on any atom is 0.227 e. The molecule has 0 unspecified atom stereocenters. The smallest absolute Gasteiger partial charge is 0.227 e. The lowest BCUT2D eigenvalue weighted by atomic mass is 10.3. The zero-order chi connectivity index (χ0) is 12.3. The maximum atomic E-state index is 11.9. The van der Waals surface area contributed by atoms with Gasteiger partial charge in [-0.1, -0.05) is 0 Å². The van der Waals surface area contributed by atoms with Crippen LogP contribution in [0.15, 0.2) is 35.7 Å². The molecule has 2 aromatic rings. The first kappa shape index (κ1) is 11.7. The van der Waals surface area contributed by atoms with Crippen molar-refractivity contribution in [2.75, 3.05) is 0 Å². The summed E-state index contributed by atoms with van der Waals surface area (Å²) < 4.78 is 0. The second kappa shape index (κ2) is 5.05. The number of aryl methyl sites for hydroxylation is 2. The van der Waals surface area contributed by atoms with Gasteiger partial charge in [0.15, 0.2) is 5.16 Å². The van der Waals surface area contributed by atoms with Crippen LogP contribution < -0.4 is 0 Å². The fraction of sp³-hybridized carbons (Fsp3) is 0.167. The molecule has 2 aromatic heterocycles. The summed E-state index contributed by atoms with van der Waals surface area (Å²) in [6.07, 6.45) is 3.19. The Labute approximate surface area is 104 Å². The number of thioether (sulfide) groups is 1. The summed E-state index contributed by atoms with van der Waals surface area (Å²) in [4.78, 5) is 24.2. The van der Waals surface area contributed by atoms with Crippen LogP contribution in [0.2, 0.25) is 0 Å². The zero-order valence-electron chi connectivity index (χ0n) is 9.54. The monoisotopic (exact) mass is 245 g/mol. The van der Waals surface area contributed by atoms with Crippen LogP contribution in [0.4, 0.5) is 0 Å². The van der Waals surface area contributed by atoms with Crippen molar-refractivity contribution in [3.63, 3.8) is 0 Å². The highest BCUT2D eigenvalue weighted by Crippen LogP contribution is 2.19. The molecule has 0 aliphatic rings. The van der Waals surface area contributed by atoms with Gasteiger partial charge >= 0.3 is 0 Å². The molecule has 0 bridgehead atoms. The molecule has 0 fully saturated rings. The Balaban J connectivity index is 2.19. The molecule has 0 aliphatic heterocycles. The Morgan fingerprint density at radius 3 is 2.29 bits per heavy atom. The van der Waals surface area contributed by atoms with Gasteiger partial charge in [-0.05, 0) is 43.8 Å². The van der Waals surface area contributed by atoms with Gasteiger partial charge in [0.05, 0.1) is 0 Å². The summed E-state index contributed by atoms with van der Waals surface area (Å²) >= 11 is 1.04. The fourth-order valence-corrected chi connectivity index (χ4v) is 2.17. The van der Waals surface area contributed by atoms with Gasteiger partial charge in [-0.15, -0.1) is 0 Å². The predicted molar refractivity (Wildman–Crippen MR) is 65.9 cm³/mol. The SMILES string of the molecule is Cc1cc(C)nc(SC(=O)c2ccncc2)n1. The highest BCUT2D eigenvalue weighted by Gasteiger charge is 2.10. The fourth-order valence-electron chi connectivity index (χ4n) is 1.37. The molecule has 0 saturated carbocycles. The lowest BCUT2D eigenvalue weighted by Gasteiger charge is -2.01. The Bertz CT molecular complexity index is 522. The molecule has 0 radical (unpaired) electrons. The zero-order valence-corrected chi connectivity index (χ0v) is 10.4. The van der Waals surface area contributed by atoms with Crippen LogP contribution in [-0.2, 0) is 0 Å². The van der Waals surface area contributed by atoms with Crippen molar-refractivity contribution in [3.05, 3.63) is 47.5 Å². The lowest BCUT2D eigenvalue weighted by molar-refractivity contribution is 0.108. The Hall–Kier alpha value is -1.75. The summed E-state index contributed by atoms with van der Waals surface area (Å²) in [5, 5.41) is 0.418. The molecule has 0 atom stereocenters. The molecule has 5 heteroatoms. The van der Waals surface area contributed by atoms with Crippen molar-refractivity contribution in [3.8, 4) is 0 Å². The van der Waals surface area contributed by atoms with E-state index in [1.807, 2.05) is 19.9 Å². The van der Waals surface area contributed by atoms with Crippen LogP contribution in [0.1, 0.15) is 21.7 Å². The molecule has 0 aromatic carbocycles. The van der Waals surface area contributed by atoms with E-state index >= 15 is 0 Å². The molecule has 0 spiro atoms. The molecular weight excluding hydrogens is 234 g/mol. The average Bonchev–Trinajstić information content (AvgIpc) is 2.28. The lowest BCUT2D eigenvalue weighted by Crippen LogP contribution is -1.98. The molecule has 0 aliphatic carbocycles. The van der Waals surface area contributed by atoms with Crippen LogP contribution >= 0.6 is 11.8 Å². The summed E-state index contributed by atoms with van der Waals surface area (Å²) in [6, 6.07) is 5.23. The predicted octanol–water partition coefficient (Wildman–Crippen LogP) is 2.42. The van der Waals surface area contributed by atoms with E-state index in [1.165, 1.54) is 0 Å². The van der Waals surface area contributed by atoms with Crippen molar-refractivity contribution in [1.29, 1.82) is 0 Å². The van der Waals surface area contributed by atoms with Gasteiger partial charge in [0.2, 0.25) is 5.12 Å². The normalized spacial score (nSPS) is 10.2. The highest BCUT2D eigenvalue weighted by atomic mass is 32.2. The van der Waals surface area contributed by atoms with E-state index in [4.69, 9.17) is 0 Å². The van der Waals surface area contributed by atoms with E-state index in [1.54, 1.807) is 24.5 Å². The minimum atomic E-state index is -0.0719. The van der Waals surface area contributed by atoms with E-state index in [2.05, 4.69) is 15.0 Å². The van der Waals surface area contributed by atoms with Crippen LogP contribution in [0.3, 0.4) is 0 Å². The first-order valence-corrected chi connectivity index (χ1v) is 5.91. The quantitative estimate of drug-likeness (QED) is 0.600. The third-order valence-corrected chi connectivity index (χ3v) is 2.85. The average molecular weight is 245 g/mol. The molecular formula is C12H11N3OS. The Morgan fingerprint density at radius 2 is 1.71 bits per heavy atom. The van der Waals surface area contributed by atoms with Gasteiger partial charge in [0.25, 0.3) is 0 Å². The molecule has 2 heterocycles. The number of carbonyl (C=O) groups is 1. The van der Waals surface area contributed by atoms with E-state index in [-0.39, 0.29) is 5.12 Å². The van der Waals surface area contributed by atoms with E-state index in [0.29, 0.717) is 10.7 Å². The van der Waals surface area contributed by atoms with Crippen LogP contribution in [-0.4, -0.2) is 20.1 Å². The molecule has 0 N–H and O–H groups in total. The van der Waals surface area contributed by atoms with Crippen LogP contribution in [0.25, 0.3) is 0 Å². The maximum absolute atomic E-state index is 11.9. The topological polar surface area (TPSA) is 55.7 Å². The summed E-state index contributed by atoms with van der Waals surface area (Å²) in [5.74, 6) is 0. The van der Waals surface area contributed by atoms with Gasteiger partial charge in [-0.25, -0.2) is 9.97 Å². The Morgan fingerprint density at radius 1 is 1.12 bits per heavy atom. The largest absolute Gasteiger partial charge is 0.281 e. The number of aromatic nitrogens is 3. The number of pyridine rings is 1. The van der Waals surface area contributed by atoms with Crippen LogP contribution in [0, 0.1) is 13.8 Å². The summed E-state index contributed by atoms with van der Waals surface area (Å²) in [7, 11) is 0. The number of carbonyl (C=O) groups excluding carboxylic acids is 1. The Kier molecular flexibility index (Phi) is 3.49. The van der Waals surface area contributed by atoms with Crippen molar-refractivity contribution in [2.24, 2.45) is 0 Å². The van der Waals surface area contributed by atoms with Gasteiger partial charge < -0.3 is 0 Å². The highest BCUT2D eigenvalue weighted by molar-refractivity contribution is 8.14. The number of hydrogen-bond donors (Lipinski definition) is 0. The van der Waals surface area contributed by atoms with Crippen molar-refractivity contribution >= 4 is 16.9 Å². The van der Waals surface area contributed by atoms with Gasteiger partial charge in [-0.2, -0.15) is 0 Å². The van der Waals surface area contributed by atoms with Gasteiger partial charge in [-0.3, -0.25) is 9.78 Å². The molecule has 4 nitrogen and oxygen atoms in total. The minimum absolute atomic E-state index is 0.0719. The standard InChI is InChI=1S/C12H11N3OS/c1-8-7-9(2)15-12(14-8)17-11(16)10-3-5-13-6-4-10/h3-7H,1-2H3. The first-order valence-electron chi connectivity index (χ1n) is 5.09. The molecule has 17 heavy (non-hydrogen) atoms. The minimum Gasteiger partial charge on any atom is -0.281 e. The summed E-state index contributed by atoms with van der Waals surface area (Å²) in [5.41, 5.74) is 2.33. The third-order valence-electron chi connectivity index (χ3n) is 2.06. The molecule has 0 saturated heterocycles. The van der Waals surface area contributed by atoms with Crippen LogP contribution in [0.5, 0.6) is 0 Å². The number of nitrogens with zero attached hydrogens (tertiary/aromatic N) is 3. The summed E-state index contributed by atoms with van der Waals surface area (Å²) in [6.45, 7) is 3.77. The van der Waals surface area contributed by atoms with Crippen molar-refractivity contribution in [1.82, 2.24) is 15.0 Å². The molecule has 0 amide bonds. The molecule has 2 rings (SSSR count). The van der Waals surface area contributed by atoms with Gasteiger partial charge in [0, 0.05) is 29.3 Å². The molecule has 86 valence electrons. The first-order chi connectivity index (χ1) is 8.15. The van der Waals surface area contributed by atoms with E-state index < -0.39 is 0 Å². The third kappa shape index (κ3) is 3.10. The van der Waals surface area contributed by atoms with E-state index in [9.17, 15) is 4.79 Å². The second-order valence-electron chi connectivity index (χ2n) is 3.56. The number of rotatable bonds is 2. The van der Waals surface area contributed by atoms with Gasteiger partial charge in [0.1, 0.15) is 0 Å². The van der Waals surface area contributed by atoms with Crippen molar-refractivity contribution in [2.45, 2.75) is 19.0 Å². The van der Waals surface area contributed by atoms with Crippen molar-refractivity contribution < 1.29 is 4.79 Å². The van der Waals surface area contributed by atoms with E-state index in [0.717, 1.165) is 23.1 Å². The number of hydrogen-bond acceptors (Lipinski definition) is 5. The second-order valence-corrected chi connectivity index (χ2v) is 4.50.